The summed E-state index contributed by atoms with van der Waals surface area (Å²) in [7, 11) is 5.37. The summed E-state index contributed by atoms with van der Waals surface area (Å²) in [5.74, 6) is -5.44. The van der Waals surface area contributed by atoms with Crippen LogP contribution in [0.15, 0.2) is 62.4 Å². The van der Waals surface area contributed by atoms with Crippen molar-refractivity contribution in [3.63, 3.8) is 0 Å². The van der Waals surface area contributed by atoms with Crippen LogP contribution in [0.1, 0.15) is 71.3 Å². The molecule has 9 atom stereocenters. The standard InChI is InChI=1S/C49H61N3O12S/c1-23-15-14-16-24(2)48(58)51-40-43(56)36-35(39-46(40)63-33-21-31(60-20-18-52(10)11)22-34(65-13)38(33)50-39)37-45(29(7)42(36)55)64-49(9,47(37)57)61-19-17-32(59-12)28(6)44(62-30(8)53)27(5)25(3)26(4)41(23)54/h14-17,19,21-23,25-28,32,41,44,54-55H,18,20H2,1-13H3,(H,51,58)/b15-14+,19-17+,24-16-/t23-,25+,26-,27+,28+,32-,41-,44-,49-/m0/s1. The number of thioether (sulfide) groups is 1. The number of aromatic nitrogens is 1. The number of likely N-dealkylation sites (N-methyl/N-ethyl adjacent to an activating group) is 1. The zero-order chi connectivity index (χ0) is 47.8. The number of aliphatic hydroxyl groups excluding tert-OH is 1. The van der Waals surface area contributed by atoms with Crippen molar-refractivity contribution in [2.24, 2.45) is 29.6 Å². The number of aliphatic hydroxyl groups is 1. The minimum atomic E-state index is -2.01. The van der Waals surface area contributed by atoms with Gasteiger partial charge in [0, 0.05) is 66.8 Å². The van der Waals surface area contributed by atoms with E-state index in [0.717, 1.165) is 0 Å². The Labute approximate surface area is 383 Å². The molecule has 0 radical (unpaired) electrons. The summed E-state index contributed by atoms with van der Waals surface area (Å²) >= 11 is 1.38. The number of methoxy groups -OCH3 is 1. The average molecular weight is 916 g/mol. The molecule has 3 heterocycles. The Bertz CT molecular complexity index is 2620. The Morgan fingerprint density at radius 1 is 1.02 bits per heavy atom. The number of hydrogen-bond donors (Lipinski definition) is 3. The minimum absolute atomic E-state index is 0.00307. The summed E-state index contributed by atoms with van der Waals surface area (Å²) in [6.45, 7) is 16.5. The van der Waals surface area contributed by atoms with Crippen LogP contribution in [0.5, 0.6) is 17.2 Å². The van der Waals surface area contributed by atoms with Crippen molar-refractivity contribution in [2.75, 3.05) is 45.9 Å². The number of hydrogen-bond acceptors (Lipinski definition) is 15. The zero-order valence-electron chi connectivity index (χ0n) is 39.4. The van der Waals surface area contributed by atoms with E-state index in [1.807, 2.05) is 65.9 Å². The lowest BCUT2D eigenvalue weighted by Gasteiger charge is -2.39. The van der Waals surface area contributed by atoms with E-state index in [1.165, 1.54) is 45.9 Å². The number of esters is 1. The summed E-state index contributed by atoms with van der Waals surface area (Å²) in [5.41, 5.74) is -0.301. The van der Waals surface area contributed by atoms with Crippen LogP contribution in [-0.2, 0) is 23.8 Å². The van der Waals surface area contributed by atoms with E-state index in [2.05, 4.69) is 5.32 Å². The molecule has 2 aromatic carbocycles. The summed E-state index contributed by atoms with van der Waals surface area (Å²) in [5, 5.41) is 25.9. The van der Waals surface area contributed by atoms with Gasteiger partial charge in [-0.15, -0.1) is 11.8 Å². The molecule has 350 valence electrons. The van der Waals surface area contributed by atoms with Gasteiger partial charge in [-0.05, 0) is 64.1 Å². The van der Waals surface area contributed by atoms with Crippen LogP contribution in [0.4, 0.5) is 5.69 Å². The third kappa shape index (κ3) is 9.49. The van der Waals surface area contributed by atoms with E-state index in [4.69, 9.17) is 33.1 Å². The summed E-state index contributed by atoms with van der Waals surface area (Å²) in [6.07, 6.45) is 7.61. The van der Waals surface area contributed by atoms with Crippen LogP contribution in [-0.4, -0.2) is 102 Å². The molecule has 3 aliphatic heterocycles. The first-order valence-electron chi connectivity index (χ1n) is 21.7. The molecule has 4 aliphatic rings. The highest BCUT2D eigenvalue weighted by molar-refractivity contribution is 7.98. The molecule has 0 aromatic heterocycles. The van der Waals surface area contributed by atoms with Crippen molar-refractivity contribution >= 4 is 57.0 Å². The fraction of sp³-hybridized carbons (Fsp3) is 0.490. The molecular weight excluding hydrogens is 855 g/mol. The Morgan fingerprint density at radius 2 is 1.72 bits per heavy atom. The van der Waals surface area contributed by atoms with Gasteiger partial charge in [-0.3, -0.25) is 19.2 Å². The molecule has 4 bridgehead atoms. The average Bonchev–Trinajstić information content (AvgIpc) is 3.53. The lowest BCUT2D eigenvalue weighted by molar-refractivity contribution is -0.157. The number of phenols is 1. The molecule has 6 rings (SSSR count). The number of fused-ring (bicyclic) bond motifs is 2. The molecule has 0 saturated heterocycles. The number of carbonyl (C=O) groups excluding carboxylic acids is 3. The number of ether oxygens (including phenoxy) is 5. The highest BCUT2D eigenvalue weighted by Gasteiger charge is 2.50. The van der Waals surface area contributed by atoms with Gasteiger partial charge in [0.05, 0.1) is 29.4 Å². The Kier molecular flexibility index (Phi) is 14.8. The maximum Gasteiger partial charge on any atom is 0.312 e. The molecule has 0 spiro atoms. The Hall–Kier alpha value is -5.42. The SMILES string of the molecule is CO[C@H]1/C=C/O[C@@]2(C)Oc3c(C)c(O)c4c(=O)c(c5oc6cc(OCCN(C)C)cc(SC)c6nc-5c4c3C2=O)NC(=O)/C(C)=C\C=C\[C@H](C)[C@H](O)[C@@H](C)[C@@H](C)[C@@H](C)[C@H](OC(C)=O)[C@@H]1C. The number of aromatic hydroxyl groups is 1. The number of benzene rings is 3. The first-order chi connectivity index (χ1) is 30.6. The fourth-order valence-corrected chi connectivity index (χ4v) is 9.23. The van der Waals surface area contributed by atoms with Gasteiger partial charge in [-0.2, -0.15) is 0 Å². The number of carbonyl (C=O) groups is 3. The van der Waals surface area contributed by atoms with Crippen LogP contribution in [0.2, 0.25) is 0 Å². The summed E-state index contributed by atoms with van der Waals surface area (Å²) in [4.78, 5) is 63.9. The predicted molar refractivity (Wildman–Crippen MR) is 250 cm³/mol. The number of amides is 1. The van der Waals surface area contributed by atoms with E-state index in [9.17, 15) is 29.4 Å². The van der Waals surface area contributed by atoms with E-state index in [1.54, 1.807) is 37.3 Å². The normalized spacial score (nSPS) is 28.5. The lowest BCUT2D eigenvalue weighted by Crippen LogP contribution is -2.43. The highest BCUT2D eigenvalue weighted by atomic mass is 32.2. The van der Waals surface area contributed by atoms with E-state index in [0.29, 0.717) is 29.3 Å². The maximum absolute atomic E-state index is 14.8. The molecule has 3 N–H and O–H groups in total. The fourth-order valence-electron chi connectivity index (χ4n) is 8.65. The molecule has 2 aromatic rings. The van der Waals surface area contributed by atoms with Gasteiger partial charge >= 0.3 is 11.8 Å². The summed E-state index contributed by atoms with van der Waals surface area (Å²) in [6, 6.07) is 3.46. The Balaban J connectivity index is 1.61. The zero-order valence-corrected chi connectivity index (χ0v) is 40.2. The van der Waals surface area contributed by atoms with Crippen molar-refractivity contribution in [3.8, 4) is 28.7 Å². The monoisotopic (exact) mass is 915 g/mol. The second-order valence-electron chi connectivity index (χ2n) is 17.7. The van der Waals surface area contributed by atoms with Gasteiger partial charge < -0.3 is 48.5 Å². The van der Waals surface area contributed by atoms with Crippen LogP contribution >= 0.6 is 11.8 Å². The molecule has 1 aliphatic carbocycles. The number of allylic oxidation sites excluding steroid dienone is 2. The molecule has 65 heavy (non-hydrogen) atoms. The number of ketones is 1. The maximum atomic E-state index is 14.8. The number of Topliss-reactive ketones (excluding diaryl/α,β-unsaturated/α-hetero) is 1. The van der Waals surface area contributed by atoms with Crippen LogP contribution in [0.3, 0.4) is 0 Å². The van der Waals surface area contributed by atoms with Gasteiger partial charge in [0.2, 0.25) is 5.43 Å². The van der Waals surface area contributed by atoms with E-state index < -0.39 is 58.9 Å². The van der Waals surface area contributed by atoms with Gasteiger partial charge in [0.15, 0.2) is 11.3 Å². The van der Waals surface area contributed by atoms with Gasteiger partial charge in [-0.1, -0.05) is 52.8 Å². The van der Waals surface area contributed by atoms with Crippen molar-refractivity contribution in [1.29, 1.82) is 0 Å². The lowest BCUT2D eigenvalue weighted by atomic mass is 9.73. The van der Waals surface area contributed by atoms with Gasteiger partial charge in [-0.25, -0.2) is 4.98 Å². The van der Waals surface area contributed by atoms with Crippen molar-refractivity contribution in [1.82, 2.24) is 9.88 Å². The molecule has 15 nitrogen and oxygen atoms in total. The molecular formula is C49H61N3O12S. The number of nitrogens with one attached hydrogen (secondary N) is 1. The van der Waals surface area contributed by atoms with Crippen molar-refractivity contribution in [3.05, 3.63) is 69.6 Å². The minimum Gasteiger partial charge on any atom is -0.507 e. The second-order valence-corrected chi connectivity index (χ2v) is 18.6. The van der Waals surface area contributed by atoms with Crippen LogP contribution in [0.25, 0.3) is 33.3 Å². The van der Waals surface area contributed by atoms with E-state index in [-0.39, 0.29) is 79.6 Å². The molecule has 0 fully saturated rings. The topological polar surface area (TPSA) is 196 Å². The smallest absolute Gasteiger partial charge is 0.312 e. The number of anilines is 1. The third-order valence-corrected chi connectivity index (χ3v) is 13.7. The number of rotatable bonds is 7. The first kappa shape index (κ1) is 49.0. The second kappa shape index (κ2) is 19.6. The van der Waals surface area contributed by atoms with Gasteiger partial charge in [0.25, 0.3) is 11.7 Å². The largest absolute Gasteiger partial charge is 0.507 e. The van der Waals surface area contributed by atoms with Crippen LogP contribution in [0, 0.1) is 36.5 Å². The van der Waals surface area contributed by atoms with Crippen LogP contribution < -0.4 is 20.2 Å². The summed E-state index contributed by atoms with van der Waals surface area (Å²) < 4.78 is 36.9. The van der Waals surface area contributed by atoms with Crippen molar-refractivity contribution in [2.45, 2.75) is 91.3 Å². The molecule has 16 heteroatoms. The molecule has 0 unspecified atom stereocenters. The predicted octanol–water partition coefficient (Wildman–Crippen LogP) is 7.89. The highest BCUT2D eigenvalue weighted by Crippen LogP contribution is 2.51. The van der Waals surface area contributed by atoms with E-state index >= 15 is 0 Å². The first-order valence-corrected chi connectivity index (χ1v) is 23.0. The number of phenolic OH excluding ortho intramolecular Hbond substituents is 1. The molecule has 0 saturated carbocycles. The van der Waals surface area contributed by atoms with Gasteiger partial charge in [0.1, 0.15) is 46.9 Å². The Morgan fingerprint density at radius 3 is 2.37 bits per heavy atom. The quantitative estimate of drug-likeness (QED) is 0.0700. The number of nitrogens with zero attached hydrogens (tertiary/aromatic N) is 2. The molecule has 1 amide bonds. The third-order valence-electron chi connectivity index (χ3n) is 13.0. The van der Waals surface area contributed by atoms with Crippen molar-refractivity contribution < 1.29 is 52.7 Å².